The standard InChI is InChI=1S/C14H17N3O4/c1-8(2)17-7-6-10(13(17)19)16-12(18)9-4-3-5-11(15-9)14(20)21/h3-5,8,10H,6-7H2,1-2H3,(H,16,18)(H,20,21). The summed E-state index contributed by atoms with van der Waals surface area (Å²) in [6.07, 6.45) is 0.543. The fraction of sp³-hybridized carbons (Fsp3) is 0.429. The Morgan fingerprint density at radius 2 is 2.05 bits per heavy atom. The molecule has 1 atom stereocenters. The number of nitrogens with zero attached hydrogens (tertiary/aromatic N) is 2. The Hall–Kier alpha value is -2.44. The smallest absolute Gasteiger partial charge is 0.354 e. The van der Waals surface area contributed by atoms with Gasteiger partial charge in [-0.2, -0.15) is 0 Å². The van der Waals surface area contributed by atoms with Gasteiger partial charge in [-0.05, 0) is 32.4 Å². The lowest BCUT2D eigenvalue weighted by Crippen LogP contribution is -2.43. The predicted molar refractivity (Wildman–Crippen MR) is 73.9 cm³/mol. The largest absolute Gasteiger partial charge is 0.477 e. The Balaban J connectivity index is 2.07. The Labute approximate surface area is 122 Å². The van der Waals surface area contributed by atoms with E-state index in [4.69, 9.17) is 5.11 Å². The number of nitrogens with one attached hydrogen (secondary N) is 1. The molecule has 112 valence electrons. The Morgan fingerprint density at radius 3 is 2.62 bits per heavy atom. The minimum absolute atomic E-state index is 0.00861. The van der Waals surface area contributed by atoms with Crippen molar-refractivity contribution in [3.63, 3.8) is 0 Å². The number of aromatic nitrogens is 1. The van der Waals surface area contributed by atoms with Crippen LogP contribution < -0.4 is 5.32 Å². The summed E-state index contributed by atoms with van der Waals surface area (Å²) >= 11 is 0. The summed E-state index contributed by atoms with van der Waals surface area (Å²) in [5.41, 5.74) is -0.213. The number of hydrogen-bond acceptors (Lipinski definition) is 4. The number of carboxylic acids is 1. The average Bonchev–Trinajstić information content (AvgIpc) is 2.80. The van der Waals surface area contributed by atoms with Gasteiger partial charge in [0.2, 0.25) is 5.91 Å². The summed E-state index contributed by atoms with van der Waals surface area (Å²) in [5, 5.41) is 11.5. The maximum atomic E-state index is 12.1. The van der Waals surface area contributed by atoms with Crippen LogP contribution in [0.3, 0.4) is 0 Å². The molecule has 1 aliphatic rings. The third-order valence-electron chi connectivity index (χ3n) is 3.37. The van der Waals surface area contributed by atoms with E-state index in [2.05, 4.69) is 10.3 Å². The van der Waals surface area contributed by atoms with Gasteiger partial charge in [0.25, 0.3) is 5.91 Å². The van der Waals surface area contributed by atoms with Gasteiger partial charge in [-0.3, -0.25) is 9.59 Å². The SMILES string of the molecule is CC(C)N1CCC(NC(=O)c2cccc(C(=O)O)n2)C1=O. The Kier molecular flexibility index (Phi) is 4.21. The normalized spacial score (nSPS) is 18.1. The predicted octanol–water partition coefficient (Wildman–Crippen LogP) is 0.519. The number of hydrogen-bond donors (Lipinski definition) is 2. The molecule has 2 amide bonds. The fourth-order valence-electron chi connectivity index (χ4n) is 2.26. The average molecular weight is 291 g/mol. The number of aromatic carboxylic acids is 1. The van der Waals surface area contributed by atoms with Crippen molar-refractivity contribution in [3.8, 4) is 0 Å². The van der Waals surface area contributed by atoms with Crippen molar-refractivity contribution >= 4 is 17.8 Å². The van der Waals surface area contributed by atoms with Crippen molar-refractivity contribution in [2.24, 2.45) is 0 Å². The molecule has 1 fully saturated rings. The van der Waals surface area contributed by atoms with Crippen LogP contribution in [0.1, 0.15) is 41.2 Å². The number of rotatable bonds is 4. The third kappa shape index (κ3) is 3.18. The van der Waals surface area contributed by atoms with Gasteiger partial charge < -0.3 is 15.3 Å². The molecule has 0 radical (unpaired) electrons. The highest BCUT2D eigenvalue weighted by Gasteiger charge is 2.34. The molecule has 2 heterocycles. The molecule has 1 aliphatic heterocycles. The van der Waals surface area contributed by atoms with Crippen LogP contribution in [0.15, 0.2) is 18.2 Å². The quantitative estimate of drug-likeness (QED) is 0.842. The second-order valence-electron chi connectivity index (χ2n) is 5.15. The summed E-state index contributed by atoms with van der Waals surface area (Å²) in [7, 11) is 0. The van der Waals surface area contributed by atoms with Gasteiger partial charge in [0.15, 0.2) is 0 Å². The molecule has 1 saturated heterocycles. The summed E-state index contributed by atoms with van der Waals surface area (Å²) in [6.45, 7) is 4.43. The molecule has 7 nitrogen and oxygen atoms in total. The Morgan fingerprint density at radius 1 is 1.38 bits per heavy atom. The van der Waals surface area contributed by atoms with Crippen molar-refractivity contribution in [2.75, 3.05) is 6.54 Å². The minimum Gasteiger partial charge on any atom is -0.477 e. The minimum atomic E-state index is -1.20. The molecule has 1 aromatic heterocycles. The second kappa shape index (κ2) is 5.90. The van der Waals surface area contributed by atoms with Crippen LogP contribution in [0.5, 0.6) is 0 Å². The van der Waals surface area contributed by atoms with Crippen molar-refractivity contribution in [1.82, 2.24) is 15.2 Å². The van der Waals surface area contributed by atoms with Gasteiger partial charge in [0.05, 0.1) is 0 Å². The molecule has 7 heteroatoms. The molecule has 2 rings (SSSR count). The summed E-state index contributed by atoms with van der Waals surface area (Å²) in [5.74, 6) is -1.86. The van der Waals surface area contributed by atoms with E-state index in [0.717, 1.165) is 0 Å². The topological polar surface area (TPSA) is 99.6 Å². The van der Waals surface area contributed by atoms with Crippen LogP contribution in [0.4, 0.5) is 0 Å². The number of carboxylic acid groups (broad SMARTS) is 1. The van der Waals surface area contributed by atoms with Gasteiger partial charge in [-0.25, -0.2) is 9.78 Å². The zero-order valence-corrected chi connectivity index (χ0v) is 11.9. The van der Waals surface area contributed by atoms with Crippen LogP contribution in [0.2, 0.25) is 0 Å². The zero-order chi connectivity index (χ0) is 15.6. The fourth-order valence-corrected chi connectivity index (χ4v) is 2.26. The van der Waals surface area contributed by atoms with Gasteiger partial charge in [-0.1, -0.05) is 6.07 Å². The number of amides is 2. The van der Waals surface area contributed by atoms with Gasteiger partial charge in [-0.15, -0.1) is 0 Å². The first-order valence-electron chi connectivity index (χ1n) is 6.72. The van der Waals surface area contributed by atoms with Gasteiger partial charge >= 0.3 is 5.97 Å². The lowest BCUT2D eigenvalue weighted by atomic mass is 10.2. The van der Waals surface area contributed by atoms with Crippen molar-refractivity contribution < 1.29 is 19.5 Å². The number of likely N-dealkylation sites (tertiary alicyclic amines) is 1. The first-order chi connectivity index (χ1) is 9.90. The highest BCUT2D eigenvalue weighted by molar-refractivity contribution is 5.97. The maximum absolute atomic E-state index is 12.1. The monoisotopic (exact) mass is 291 g/mol. The molecule has 1 unspecified atom stereocenters. The van der Waals surface area contributed by atoms with Crippen LogP contribution >= 0.6 is 0 Å². The molecular formula is C14H17N3O4. The number of carbonyl (C=O) groups is 3. The van der Waals surface area contributed by atoms with E-state index in [1.54, 1.807) is 4.90 Å². The van der Waals surface area contributed by atoms with Gasteiger partial charge in [0, 0.05) is 12.6 Å². The highest BCUT2D eigenvalue weighted by atomic mass is 16.4. The van der Waals surface area contributed by atoms with Crippen LogP contribution in [0.25, 0.3) is 0 Å². The molecule has 21 heavy (non-hydrogen) atoms. The number of pyridine rings is 1. The summed E-state index contributed by atoms with van der Waals surface area (Å²) in [4.78, 5) is 40.4. The van der Waals surface area contributed by atoms with E-state index in [9.17, 15) is 14.4 Å². The first kappa shape index (κ1) is 15.0. The van der Waals surface area contributed by atoms with Crippen molar-refractivity contribution in [1.29, 1.82) is 0 Å². The van der Waals surface area contributed by atoms with Crippen LogP contribution in [-0.4, -0.2) is 51.4 Å². The van der Waals surface area contributed by atoms with E-state index < -0.39 is 17.9 Å². The van der Waals surface area contributed by atoms with Crippen molar-refractivity contribution in [2.45, 2.75) is 32.4 Å². The molecular weight excluding hydrogens is 274 g/mol. The first-order valence-corrected chi connectivity index (χ1v) is 6.72. The number of carbonyl (C=O) groups excluding carboxylic acids is 2. The van der Waals surface area contributed by atoms with Crippen LogP contribution in [0, 0.1) is 0 Å². The third-order valence-corrected chi connectivity index (χ3v) is 3.37. The molecule has 2 N–H and O–H groups in total. The van der Waals surface area contributed by atoms with Crippen molar-refractivity contribution in [3.05, 3.63) is 29.6 Å². The van der Waals surface area contributed by atoms with E-state index in [1.807, 2.05) is 13.8 Å². The Bertz CT molecular complexity index is 585. The summed E-state index contributed by atoms with van der Waals surface area (Å²) in [6, 6.07) is 3.69. The molecule has 0 spiro atoms. The zero-order valence-electron chi connectivity index (χ0n) is 11.9. The molecule has 0 aliphatic carbocycles. The summed E-state index contributed by atoms with van der Waals surface area (Å²) < 4.78 is 0. The molecule has 0 saturated carbocycles. The second-order valence-corrected chi connectivity index (χ2v) is 5.15. The lowest BCUT2D eigenvalue weighted by Gasteiger charge is -2.21. The van der Waals surface area contributed by atoms with Gasteiger partial charge in [0.1, 0.15) is 17.4 Å². The molecule has 1 aromatic rings. The lowest BCUT2D eigenvalue weighted by molar-refractivity contribution is -0.130. The van der Waals surface area contributed by atoms with E-state index in [-0.39, 0.29) is 23.3 Å². The maximum Gasteiger partial charge on any atom is 0.354 e. The van der Waals surface area contributed by atoms with E-state index >= 15 is 0 Å². The highest BCUT2D eigenvalue weighted by Crippen LogP contribution is 2.14. The van der Waals surface area contributed by atoms with E-state index in [1.165, 1.54) is 18.2 Å². The van der Waals surface area contributed by atoms with E-state index in [0.29, 0.717) is 13.0 Å². The van der Waals surface area contributed by atoms with Crippen LogP contribution in [-0.2, 0) is 4.79 Å². The molecule has 0 aromatic carbocycles. The molecule has 0 bridgehead atoms.